The SMILES string of the molecule is C#CCCCC(O)C(C)(C)OC. The van der Waals surface area contributed by atoms with Crippen LogP contribution in [0, 0.1) is 12.3 Å². The van der Waals surface area contributed by atoms with Crippen LogP contribution in [0.1, 0.15) is 33.1 Å². The van der Waals surface area contributed by atoms with E-state index < -0.39 is 11.7 Å². The van der Waals surface area contributed by atoms with Gasteiger partial charge in [-0.25, -0.2) is 0 Å². The first-order valence-corrected chi connectivity index (χ1v) is 4.21. The van der Waals surface area contributed by atoms with Crippen molar-refractivity contribution in [2.75, 3.05) is 7.11 Å². The van der Waals surface area contributed by atoms with E-state index >= 15 is 0 Å². The van der Waals surface area contributed by atoms with E-state index in [0.29, 0.717) is 6.42 Å². The van der Waals surface area contributed by atoms with Gasteiger partial charge in [-0.05, 0) is 26.7 Å². The molecule has 0 aliphatic carbocycles. The molecule has 0 heterocycles. The Bertz CT molecular complexity index is 156. The highest BCUT2D eigenvalue weighted by molar-refractivity contribution is 4.85. The lowest BCUT2D eigenvalue weighted by molar-refractivity contribution is -0.0804. The van der Waals surface area contributed by atoms with Crippen molar-refractivity contribution < 1.29 is 9.84 Å². The minimum absolute atomic E-state index is 0.434. The van der Waals surface area contributed by atoms with Crippen molar-refractivity contribution in [3.63, 3.8) is 0 Å². The minimum Gasteiger partial charge on any atom is -0.390 e. The summed E-state index contributed by atoms with van der Waals surface area (Å²) in [6, 6.07) is 0. The minimum atomic E-state index is -0.464. The number of aliphatic hydroxyl groups is 1. The Morgan fingerprint density at radius 1 is 1.58 bits per heavy atom. The fourth-order valence-corrected chi connectivity index (χ4v) is 0.881. The highest BCUT2D eigenvalue weighted by Gasteiger charge is 2.26. The average molecular weight is 170 g/mol. The molecular formula is C10H18O2. The van der Waals surface area contributed by atoms with Crippen LogP contribution >= 0.6 is 0 Å². The van der Waals surface area contributed by atoms with Crippen LogP contribution in [0.4, 0.5) is 0 Å². The molecule has 0 spiro atoms. The smallest absolute Gasteiger partial charge is 0.0880 e. The molecule has 0 aromatic heterocycles. The average Bonchev–Trinajstić information content (AvgIpc) is 2.05. The summed E-state index contributed by atoms with van der Waals surface area (Å²) in [7, 11) is 1.60. The van der Waals surface area contributed by atoms with Gasteiger partial charge in [0, 0.05) is 13.5 Å². The molecule has 0 aliphatic heterocycles. The molecule has 0 saturated heterocycles. The van der Waals surface area contributed by atoms with E-state index in [1.165, 1.54) is 0 Å². The van der Waals surface area contributed by atoms with Gasteiger partial charge in [-0.2, -0.15) is 0 Å². The van der Waals surface area contributed by atoms with Crippen molar-refractivity contribution in [1.29, 1.82) is 0 Å². The molecule has 0 bridgehead atoms. The highest BCUT2D eigenvalue weighted by atomic mass is 16.5. The van der Waals surface area contributed by atoms with Crippen molar-refractivity contribution in [3.05, 3.63) is 0 Å². The molecule has 0 saturated carbocycles. The fraction of sp³-hybridized carbons (Fsp3) is 0.800. The Balaban J connectivity index is 3.72. The predicted molar refractivity (Wildman–Crippen MR) is 49.8 cm³/mol. The Labute approximate surface area is 74.9 Å². The zero-order chi connectivity index (χ0) is 9.61. The van der Waals surface area contributed by atoms with Crippen LogP contribution in [0.2, 0.25) is 0 Å². The van der Waals surface area contributed by atoms with Crippen molar-refractivity contribution in [2.24, 2.45) is 0 Å². The topological polar surface area (TPSA) is 29.5 Å². The van der Waals surface area contributed by atoms with E-state index in [-0.39, 0.29) is 0 Å². The summed E-state index contributed by atoms with van der Waals surface area (Å²) < 4.78 is 5.13. The number of rotatable bonds is 5. The van der Waals surface area contributed by atoms with E-state index in [1.807, 2.05) is 13.8 Å². The maximum Gasteiger partial charge on any atom is 0.0880 e. The van der Waals surface area contributed by atoms with Crippen LogP contribution in [0.3, 0.4) is 0 Å². The van der Waals surface area contributed by atoms with Gasteiger partial charge in [0.05, 0.1) is 11.7 Å². The number of ether oxygens (including phenoxy) is 1. The second-order valence-corrected chi connectivity index (χ2v) is 3.42. The van der Waals surface area contributed by atoms with Crippen LogP contribution in [-0.4, -0.2) is 23.9 Å². The molecule has 0 amide bonds. The molecule has 2 heteroatoms. The molecule has 0 aromatic carbocycles. The monoisotopic (exact) mass is 170 g/mol. The first-order chi connectivity index (χ1) is 5.54. The lowest BCUT2D eigenvalue weighted by Crippen LogP contribution is -2.37. The molecule has 1 unspecified atom stereocenters. The summed E-state index contributed by atoms with van der Waals surface area (Å²) in [4.78, 5) is 0. The number of hydrogen-bond acceptors (Lipinski definition) is 2. The summed E-state index contributed by atoms with van der Waals surface area (Å²) in [5.74, 6) is 2.54. The summed E-state index contributed by atoms with van der Waals surface area (Å²) in [6.07, 6.45) is 6.93. The van der Waals surface area contributed by atoms with Crippen molar-refractivity contribution in [3.8, 4) is 12.3 Å². The molecule has 12 heavy (non-hydrogen) atoms. The third-order valence-electron chi connectivity index (χ3n) is 2.13. The van der Waals surface area contributed by atoms with Crippen molar-refractivity contribution in [2.45, 2.75) is 44.8 Å². The van der Waals surface area contributed by atoms with Gasteiger partial charge < -0.3 is 9.84 Å². The van der Waals surface area contributed by atoms with Gasteiger partial charge in [-0.15, -0.1) is 12.3 Å². The normalized spacial score (nSPS) is 13.9. The van der Waals surface area contributed by atoms with Gasteiger partial charge in [0.15, 0.2) is 0 Å². The Hall–Kier alpha value is -0.520. The second-order valence-electron chi connectivity index (χ2n) is 3.42. The standard InChI is InChI=1S/C10H18O2/c1-5-6-7-8-9(11)10(2,3)12-4/h1,9,11H,6-8H2,2-4H3. The zero-order valence-electron chi connectivity index (χ0n) is 8.13. The summed E-state index contributed by atoms with van der Waals surface area (Å²) in [5.41, 5.74) is -0.464. The highest BCUT2D eigenvalue weighted by Crippen LogP contribution is 2.18. The quantitative estimate of drug-likeness (QED) is 0.501. The van der Waals surface area contributed by atoms with Crippen LogP contribution in [0.5, 0.6) is 0 Å². The summed E-state index contributed by atoms with van der Waals surface area (Å²) >= 11 is 0. The molecule has 2 nitrogen and oxygen atoms in total. The number of hydrogen-bond donors (Lipinski definition) is 1. The van der Waals surface area contributed by atoms with Crippen LogP contribution in [-0.2, 0) is 4.74 Å². The maximum atomic E-state index is 9.61. The van der Waals surface area contributed by atoms with Gasteiger partial charge in [-0.1, -0.05) is 0 Å². The zero-order valence-corrected chi connectivity index (χ0v) is 8.13. The third-order valence-corrected chi connectivity index (χ3v) is 2.13. The van der Waals surface area contributed by atoms with E-state index in [0.717, 1.165) is 12.8 Å². The number of unbranched alkanes of at least 4 members (excludes halogenated alkanes) is 1. The molecule has 0 radical (unpaired) electrons. The lowest BCUT2D eigenvalue weighted by Gasteiger charge is -2.28. The molecule has 1 atom stereocenters. The molecule has 1 N–H and O–H groups in total. The molecular weight excluding hydrogens is 152 g/mol. The number of terminal acetylenes is 1. The molecule has 0 aromatic rings. The fourth-order valence-electron chi connectivity index (χ4n) is 0.881. The van der Waals surface area contributed by atoms with E-state index in [4.69, 9.17) is 11.2 Å². The van der Waals surface area contributed by atoms with Gasteiger partial charge in [0.2, 0.25) is 0 Å². The van der Waals surface area contributed by atoms with Gasteiger partial charge in [-0.3, -0.25) is 0 Å². The van der Waals surface area contributed by atoms with Crippen LogP contribution < -0.4 is 0 Å². The summed E-state index contributed by atoms with van der Waals surface area (Å²) in [5, 5.41) is 9.61. The van der Waals surface area contributed by atoms with Crippen LogP contribution in [0.15, 0.2) is 0 Å². The summed E-state index contributed by atoms with van der Waals surface area (Å²) in [6.45, 7) is 3.74. The molecule has 0 aliphatic rings. The first-order valence-electron chi connectivity index (χ1n) is 4.21. The molecule has 70 valence electrons. The molecule has 0 rings (SSSR count). The molecule has 0 fully saturated rings. The Kier molecular flexibility index (Phi) is 4.96. The van der Waals surface area contributed by atoms with Gasteiger partial charge in [0.1, 0.15) is 0 Å². The number of aliphatic hydroxyl groups excluding tert-OH is 1. The first kappa shape index (κ1) is 11.5. The Morgan fingerprint density at radius 3 is 2.58 bits per heavy atom. The maximum absolute atomic E-state index is 9.61. The largest absolute Gasteiger partial charge is 0.390 e. The van der Waals surface area contributed by atoms with Gasteiger partial charge >= 0.3 is 0 Å². The third kappa shape index (κ3) is 3.75. The lowest BCUT2D eigenvalue weighted by atomic mass is 9.97. The van der Waals surface area contributed by atoms with E-state index in [1.54, 1.807) is 7.11 Å². The van der Waals surface area contributed by atoms with Gasteiger partial charge in [0.25, 0.3) is 0 Å². The predicted octanol–water partition coefficient (Wildman–Crippen LogP) is 1.58. The van der Waals surface area contributed by atoms with E-state index in [2.05, 4.69) is 5.92 Å². The van der Waals surface area contributed by atoms with Crippen molar-refractivity contribution >= 4 is 0 Å². The van der Waals surface area contributed by atoms with E-state index in [9.17, 15) is 5.11 Å². The second kappa shape index (κ2) is 5.18. The Morgan fingerprint density at radius 2 is 2.17 bits per heavy atom. The van der Waals surface area contributed by atoms with Crippen molar-refractivity contribution in [1.82, 2.24) is 0 Å². The number of methoxy groups -OCH3 is 1. The van der Waals surface area contributed by atoms with Crippen LogP contribution in [0.25, 0.3) is 0 Å².